The molecule has 71 heavy (non-hydrogen) atoms. The first-order valence-electron chi connectivity index (χ1n) is 23.9. The van der Waals surface area contributed by atoms with Crippen molar-refractivity contribution >= 4 is 96.8 Å². The molecule has 0 amide bonds. The quantitative estimate of drug-likeness (QED) is 0.167. The highest BCUT2D eigenvalue weighted by Gasteiger charge is 2.24. The van der Waals surface area contributed by atoms with Crippen LogP contribution in [-0.2, 0) is 0 Å². The molecule has 0 atom stereocenters. The zero-order valence-electron chi connectivity index (χ0n) is 38.0. The van der Waals surface area contributed by atoms with Crippen LogP contribution in [0.3, 0.4) is 0 Å². The van der Waals surface area contributed by atoms with E-state index in [0.29, 0.717) is 17.5 Å². The standard InChI is InChI=1S/C65H38N4OS/c1-3-14-39(15-4-1)40-26-28-43(29-27-40)63-66-64(46-31-33-60-53(35-46)48-22-11-12-25-59(48)71-60)68-65(67-63)50-23-13-24-57-61(50)54-37-51(41-16-5-2-6-17-41)56(38-58(54)70-57)69-55-36-45-20-8-7-19-44(45)34-52(55)49-32-30-42-18-9-10-21-47(42)62(49)69/h1-38H. The molecule has 0 unspecified atom stereocenters. The van der Waals surface area contributed by atoms with Crippen molar-refractivity contribution in [2.45, 2.75) is 0 Å². The summed E-state index contributed by atoms with van der Waals surface area (Å²) in [5.41, 5.74) is 12.1. The van der Waals surface area contributed by atoms with Gasteiger partial charge in [0, 0.05) is 75.4 Å². The van der Waals surface area contributed by atoms with Crippen LogP contribution in [0.2, 0.25) is 0 Å². The van der Waals surface area contributed by atoms with Crippen molar-refractivity contribution in [1.29, 1.82) is 0 Å². The molecule has 6 heteroatoms. The molecule has 0 bridgehead atoms. The van der Waals surface area contributed by atoms with Gasteiger partial charge in [0.15, 0.2) is 17.5 Å². The number of rotatable bonds is 6. The van der Waals surface area contributed by atoms with Gasteiger partial charge in [0.1, 0.15) is 11.2 Å². The van der Waals surface area contributed by atoms with E-state index in [1.807, 2.05) is 12.1 Å². The van der Waals surface area contributed by atoms with Gasteiger partial charge in [-0.15, -0.1) is 11.3 Å². The summed E-state index contributed by atoms with van der Waals surface area (Å²) in [6.45, 7) is 0. The Morgan fingerprint density at radius 2 is 0.972 bits per heavy atom. The lowest BCUT2D eigenvalue weighted by Gasteiger charge is -2.16. The van der Waals surface area contributed by atoms with E-state index >= 15 is 0 Å². The van der Waals surface area contributed by atoms with Crippen LogP contribution >= 0.6 is 11.3 Å². The van der Waals surface area contributed by atoms with Crippen molar-refractivity contribution < 1.29 is 4.42 Å². The Hall–Kier alpha value is -9.23. The number of benzene rings is 11. The van der Waals surface area contributed by atoms with E-state index in [1.54, 1.807) is 11.3 Å². The lowest BCUT2D eigenvalue weighted by atomic mass is 9.98. The van der Waals surface area contributed by atoms with Gasteiger partial charge in [-0.2, -0.15) is 0 Å². The smallest absolute Gasteiger partial charge is 0.164 e. The van der Waals surface area contributed by atoms with Gasteiger partial charge in [-0.1, -0.05) is 176 Å². The molecule has 0 fully saturated rings. The van der Waals surface area contributed by atoms with Gasteiger partial charge in [0.2, 0.25) is 0 Å². The van der Waals surface area contributed by atoms with Crippen LogP contribution in [-0.4, -0.2) is 19.5 Å². The number of nitrogens with zero attached hydrogens (tertiary/aromatic N) is 4. The first-order valence-corrected chi connectivity index (χ1v) is 24.7. The summed E-state index contributed by atoms with van der Waals surface area (Å²) in [5, 5.41) is 11.6. The van der Waals surface area contributed by atoms with Crippen LogP contribution < -0.4 is 0 Å². The van der Waals surface area contributed by atoms with E-state index in [4.69, 9.17) is 19.4 Å². The second-order valence-corrected chi connectivity index (χ2v) is 19.4. The highest BCUT2D eigenvalue weighted by atomic mass is 32.1. The Morgan fingerprint density at radius 3 is 1.79 bits per heavy atom. The Bertz CT molecular complexity index is 4630. The van der Waals surface area contributed by atoms with Gasteiger partial charge in [0.05, 0.1) is 16.7 Å². The van der Waals surface area contributed by atoms with E-state index in [2.05, 4.69) is 223 Å². The summed E-state index contributed by atoms with van der Waals surface area (Å²) in [6.07, 6.45) is 0. The van der Waals surface area contributed by atoms with E-state index in [1.165, 1.54) is 52.5 Å². The summed E-state index contributed by atoms with van der Waals surface area (Å²) < 4.78 is 12.0. The molecule has 11 aromatic carbocycles. The molecule has 4 heterocycles. The third kappa shape index (κ3) is 6.35. The Kier molecular flexibility index (Phi) is 8.76. The fourth-order valence-corrected chi connectivity index (χ4v) is 11.9. The minimum absolute atomic E-state index is 0.576. The van der Waals surface area contributed by atoms with Gasteiger partial charge in [-0.3, -0.25) is 0 Å². The van der Waals surface area contributed by atoms with Crippen LogP contribution in [0.5, 0.6) is 0 Å². The maximum absolute atomic E-state index is 7.01. The molecule has 15 aromatic rings. The largest absolute Gasteiger partial charge is 0.456 e. The van der Waals surface area contributed by atoms with Crippen molar-refractivity contribution in [3.8, 4) is 62.1 Å². The van der Waals surface area contributed by atoms with E-state index in [-0.39, 0.29) is 0 Å². The first kappa shape index (κ1) is 39.7. The molecule has 0 saturated heterocycles. The predicted octanol–water partition coefficient (Wildman–Crippen LogP) is 17.9. The van der Waals surface area contributed by atoms with E-state index in [0.717, 1.165) is 77.6 Å². The molecule has 0 aliphatic heterocycles. The number of aromatic nitrogens is 4. The average Bonchev–Trinajstić information content (AvgIpc) is 4.11. The maximum atomic E-state index is 7.01. The zero-order chi connectivity index (χ0) is 46.6. The van der Waals surface area contributed by atoms with Gasteiger partial charge < -0.3 is 8.98 Å². The molecule has 0 aliphatic rings. The second-order valence-electron chi connectivity index (χ2n) is 18.3. The van der Waals surface area contributed by atoms with Gasteiger partial charge in [-0.25, -0.2) is 15.0 Å². The third-order valence-electron chi connectivity index (χ3n) is 14.2. The molecule has 5 nitrogen and oxygen atoms in total. The third-order valence-corrected chi connectivity index (χ3v) is 15.4. The Balaban J connectivity index is 0.985. The summed E-state index contributed by atoms with van der Waals surface area (Å²) in [4.78, 5) is 15.9. The molecule has 4 aromatic heterocycles. The van der Waals surface area contributed by atoms with Crippen LogP contribution in [0.4, 0.5) is 0 Å². The number of thiophene rings is 1. The minimum Gasteiger partial charge on any atom is -0.456 e. The van der Waals surface area contributed by atoms with E-state index < -0.39 is 0 Å². The fraction of sp³-hybridized carbons (Fsp3) is 0. The van der Waals surface area contributed by atoms with Crippen LogP contribution in [0.25, 0.3) is 148 Å². The summed E-state index contributed by atoms with van der Waals surface area (Å²) >= 11 is 1.80. The van der Waals surface area contributed by atoms with Crippen LogP contribution in [0, 0.1) is 0 Å². The zero-order valence-corrected chi connectivity index (χ0v) is 38.9. The SMILES string of the molecule is c1ccc(-c2ccc(-c3nc(-c4ccc5sc6ccccc6c5c4)nc(-c4cccc5oc6cc(-n7c8cc9ccccc9cc8c8ccc9ccccc9c87)c(-c7ccccc7)cc6c45)n3)cc2)cc1. The normalized spacial score (nSPS) is 11.9. The lowest BCUT2D eigenvalue weighted by molar-refractivity contribution is 0.668. The molecule has 0 spiro atoms. The molecule has 15 rings (SSSR count). The second kappa shape index (κ2) is 15.7. The summed E-state index contributed by atoms with van der Waals surface area (Å²) in [5.74, 6) is 1.78. The highest BCUT2D eigenvalue weighted by Crippen LogP contribution is 2.45. The molecular formula is C65H38N4OS. The van der Waals surface area contributed by atoms with Gasteiger partial charge in [0.25, 0.3) is 0 Å². The van der Waals surface area contributed by atoms with Gasteiger partial charge >= 0.3 is 0 Å². The monoisotopic (exact) mass is 922 g/mol. The van der Waals surface area contributed by atoms with Crippen molar-refractivity contribution in [3.63, 3.8) is 0 Å². The lowest BCUT2D eigenvalue weighted by Crippen LogP contribution is -2.00. The topological polar surface area (TPSA) is 56.7 Å². The fourth-order valence-electron chi connectivity index (χ4n) is 10.9. The van der Waals surface area contributed by atoms with Crippen LogP contribution in [0.1, 0.15) is 0 Å². The molecule has 0 saturated carbocycles. The number of furan rings is 1. The van der Waals surface area contributed by atoms with Crippen molar-refractivity contribution in [3.05, 3.63) is 231 Å². The summed E-state index contributed by atoms with van der Waals surface area (Å²) in [7, 11) is 0. The van der Waals surface area contributed by atoms with Crippen molar-refractivity contribution in [2.75, 3.05) is 0 Å². The van der Waals surface area contributed by atoms with Crippen molar-refractivity contribution in [2.24, 2.45) is 0 Å². The first-order chi connectivity index (χ1) is 35.2. The Morgan fingerprint density at radius 1 is 0.338 bits per heavy atom. The molecule has 0 aliphatic carbocycles. The molecule has 0 radical (unpaired) electrons. The minimum atomic E-state index is 0.576. The Labute approximate surface area is 411 Å². The van der Waals surface area contributed by atoms with Crippen molar-refractivity contribution in [1.82, 2.24) is 19.5 Å². The number of hydrogen-bond donors (Lipinski definition) is 0. The number of fused-ring (bicyclic) bond motifs is 12. The molecular weight excluding hydrogens is 885 g/mol. The number of hydrogen-bond acceptors (Lipinski definition) is 5. The van der Waals surface area contributed by atoms with Crippen LogP contribution in [0.15, 0.2) is 235 Å². The highest BCUT2D eigenvalue weighted by molar-refractivity contribution is 7.25. The van der Waals surface area contributed by atoms with E-state index in [9.17, 15) is 0 Å². The molecule has 330 valence electrons. The van der Waals surface area contributed by atoms with Gasteiger partial charge in [-0.05, 0) is 81.4 Å². The predicted molar refractivity (Wildman–Crippen MR) is 297 cm³/mol. The molecule has 0 N–H and O–H groups in total. The summed E-state index contributed by atoms with van der Waals surface area (Å²) in [6, 6.07) is 82.2. The maximum Gasteiger partial charge on any atom is 0.164 e. The average molecular weight is 923 g/mol.